The fourth-order valence-corrected chi connectivity index (χ4v) is 3.12. The van der Waals surface area contributed by atoms with Gasteiger partial charge in [-0.25, -0.2) is 0 Å². The zero-order valence-electron chi connectivity index (χ0n) is 14.9. The Balaban J connectivity index is 1.65. The Morgan fingerprint density at radius 3 is 2.81 bits per heavy atom. The van der Waals surface area contributed by atoms with E-state index >= 15 is 0 Å². The SMILES string of the molecule is COc1ccc(CNC(=O)C2CCCN2C(=O)c2ccco2)c(OC)c1. The van der Waals surface area contributed by atoms with Gasteiger partial charge in [0.05, 0.1) is 20.5 Å². The molecule has 1 atom stereocenters. The van der Waals surface area contributed by atoms with E-state index in [2.05, 4.69) is 5.32 Å². The highest BCUT2D eigenvalue weighted by Crippen LogP contribution is 2.25. The lowest BCUT2D eigenvalue weighted by molar-refractivity contribution is -0.125. The molecule has 0 aliphatic carbocycles. The van der Waals surface area contributed by atoms with Crippen molar-refractivity contribution < 1.29 is 23.5 Å². The molecule has 1 N–H and O–H groups in total. The maximum absolute atomic E-state index is 12.6. The highest BCUT2D eigenvalue weighted by Gasteiger charge is 2.35. The van der Waals surface area contributed by atoms with Crippen LogP contribution in [0.1, 0.15) is 29.0 Å². The van der Waals surface area contributed by atoms with Crippen molar-refractivity contribution >= 4 is 11.8 Å². The summed E-state index contributed by atoms with van der Waals surface area (Å²) < 4.78 is 15.7. The molecular formula is C19H22N2O5. The lowest BCUT2D eigenvalue weighted by Crippen LogP contribution is -2.45. The van der Waals surface area contributed by atoms with Crippen LogP contribution in [0.25, 0.3) is 0 Å². The second kappa shape index (κ2) is 7.95. The van der Waals surface area contributed by atoms with Crippen molar-refractivity contribution in [2.75, 3.05) is 20.8 Å². The van der Waals surface area contributed by atoms with E-state index in [4.69, 9.17) is 13.9 Å². The number of rotatable bonds is 6. The third kappa shape index (κ3) is 3.66. The lowest BCUT2D eigenvalue weighted by atomic mass is 10.1. The maximum atomic E-state index is 12.6. The molecule has 0 radical (unpaired) electrons. The molecule has 2 heterocycles. The van der Waals surface area contributed by atoms with Crippen LogP contribution >= 0.6 is 0 Å². The molecule has 1 aliphatic heterocycles. The van der Waals surface area contributed by atoms with E-state index < -0.39 is 6.04 Å². The Hall–Kier alpha value is -2.96. The number of nitrogens with one attached hydrogen (secondary N) is 1. The van der Waals surface area contributed by atoms with Gasteiger partial charge in [-0.05, 0) is 37.1 Å². The van der Waals surface area contributed by atoms with E-state index in [1.807, 2.05) is 12.1 Å². The average Bonchev–Trinajstić information content (AvgIpc) is 3.37. The first-order valence-electron chi connectivity index (χ1n) is 8.47. The second-order valence-corrected chi connectivity index (χ2v) is 6.03. The predicted octanol–water partition coefficient (Wildman–Crippen LogP) is 2.22. The fourth-order valence-electron chi connectivity index (χ4n) is 3.12. The Labute approximate surface area is 151 Å². The normalized spacial score (nSPS) is 16.4. The third-order valence-electron chi connectivity index (χ3n) is 4.50. The molecule has 0 saturated carbocycles. The first kappa shape index (κ1) is 17.8. The van der Waals surface area contributed by atoms with Gasteiger partial charge in [0.2, 0.25) is 5.91 Å². The Bertz CT molecular complexity index is 772. The minimum atomic E-state index is -0.489. The van der Waals surface area contributed by atoms with Gasteiger partial charge in [0.1, 0.15) is 17.5 Å². The molecule has 1 aromatic heterocycles. The summed E-state index contributed by atoms with van der Waals surface area (Å²) in [6.45, 7) is 0.856. The summed E-state index contributed by atoms with van der Waals surface area (Å²) in [4.78, 5) is 26.7. The summed E-state index contributed by atoms with van der Waals surface area (Å²) in [6.07, 6.45) is 2.88. The zero-order valence-corrected chi connectivity index (χ0v) is 14.9. The molecule has 1 unspecified atom stereocenters. The molecule has 1 fully saturated rings. The van der Waals surface area contributed by atoms with Crippen LogP contribution in [0.5, 0.6) is 11.5 Å². The molecule has 7 nitrogen and oxygen atoms in total. The summed E-state index contributed by atoms with van der Waals surface area (Å²) in [6, 6.07) is 8.21. The highest BCUT2D eigenvalue weighted by molar-refractivity contribution is 5.96. The van der Waals surface area contributed by atoms with Gasteiger partial charge in [0.15, 0.2) is 5.76 Å². The van der Waals surface area contributed by atoms with Crippen LogP contribution in [-0.4, -0.2) is 43.5 Å². The number of carbonyl (C=O) groups is 2. The van der Waals surface area contributed by atoms with Crippen molar-refractivity contribution in [1.29, 1.82) is 0 Å². The van der Waals surface area contributed by atoms with Gasteiger partial charge in [-0.2, -0.15) is 0 Å². The Morgan fingerprint density at radius 2 is 2.12 bits per heavy atom. The maximum Gasteiger partial charge on any atom is 0.290 e. The topological polar surface area (TPSA) is 81.0 Å². The van der Waals surface area contributed by atoms with E-state index in [-0.39, 0.29) is 17.6 Å². The van der Waals surface area contributed by atoms with Crippen LogP contribution in [0.15, 0.2) is 41.0 Å². The van der Waals surface area contributed by atoms with Gasteiger partial charge in [-0.1, -0.05) is 0 Å². The highest BCUT2D eigenvalue weighted by atomic mass is 16.5. The molecule has 0 spiro atoms. The van der Waals surface area contributed by atoms with Crippen molar-refractivity contribution in [1.82, 2.24) is 10.2 Å². The Kier molecular flexibility index (Phi) is 5.46. The van der Waals surface area contributed by atoms with E-state index in [1.165, 1.54) is 6.26 Å². The largest absolute Gasteiger partial charge is 0.497 e. The van der Waals surface area contributed by atoms with Crippen molar-refractivity contribution in [2.45, 2.75) is 25.4 Å². The van der Waals surface area contributed by atoms with Crippen molar-refractivity contribution in [2.24, 2.45) is 0 Å². The first-order chi connectivity index (χ1) is 12.6. The smallest absolute Gasteiger partial charge is 0.290 e. The molecule has 1 aliphatic rings. The van der Waals surface area contributed by atoms with Crippen LogP contribution in [-0.2, 0) is 11.3 Å². The van der Waals surface area contributed by atoms with Gasteiger partial charge >= 0.3 is 0 Å². The lowest BCUT2D eigenvalue weighted by Gasteiger charge is -2.23. The molecule has 26 heavy (non-hydrogen) atoms. The number of likely N-dealkylation sites (tertiary alicyclic amines) is 1. The molecule has 0 bridgehead atoms. The summed E-state index contributed by atoms with van der Waals surface area (Å²) in [5, 5.41) is 2.90. The van der Waals surface area contributed by atoms with Crippen LogP contribution in [0.3, 0.4) is 0 Å². The number of ether oxygens (including phenoxy) is 2. The van der Waals surface area contributed by atoms with E-state index in [9.17, 15) is 9.59 Å². The molecule has 1 aromatic carbocycles. The van der Waals surface area contributed by atoms with Crippen LogP contribution in [0.2, 0.25) is 0 Å². The van der Waals surface area contributed by atoms with Gasteiger partial charge in [0.25, 0.3) is 5.91 Å². The molecule has 3 rings (SSSR count). The van der Waals surface area contributed by atoms with Crippen LogP contribution in [0.4, 0.5) is 0 Å². The van der Waals surface area contributed by atoms with E-state index in [0.717, 1.165) is 12.0 Å². The van der Waals surface area contributed by atoms with Crippen LogP contribution in [0, 0.1) is 0 Å². The molecule has 138 valence electrons. The van der Waals surface area contributed by atoms with Gasteiger partial charge in [-0.15, -0.1) is 0 Å². The number of furan rings is 1. The minimum absolute atomic E-state index is 0.180. The van der Waals surface area contributed by atoms with Crippen molar-refractivity contribution in [3.8, 4) is 11.5 Å². The van der Waals surface area contributed by atoms with Crippen LogP contribution < -0.4 is 14.8 Å². The number of hydrogen-bond acceptors (Lipinski definition) is 5. The molecule has 2 aromatic rings. The summed E-state index contributed by atoms with van der Waals surface area (Å²) in [5.41, 5.74) is 0.837. The second-order valence-electron chi connectivity index (χ2n) is 6.03. The zero-order chi connectivity index (χ0) is 18.5. The third-order valence-corrected chi connectivity index (χ3v) is 4.50. The van der Waals surface area contributed by atoms with E-state index in [0.29, 0.717) is 31.0 Å². The summed E-state index contributed by atoms with van der Waals surface area (Å²) in [7, 11) is 3.15. The van der Waals surface area contributed by atoms with Gasteiger partial charge < -0.3 is 24.1 Å². The van der Waals surface area contributed by atoms with Crippen molar-refractivity contribution in [3.63, 3.8) is 0 Å². The molecule has 2 amide bonds. The predicted molar refractivity (Wildman–Crippen MR) is 94.2 cm³/mol. The molecular weight excluding hydrogens is 336 g/mol. The monoisotopic (exact) mass is 358 g/mol. The minimum Gasteiger partial charge on any atom is -0.497 e. The summed E-state index contributed by atoms with van der Waals surface area (Å²) >= 11 is 0. The molecule has 1 saturated heterocycles. The Morgan fingerprint density at radius 1 is 1.27 bits per heavy atom. The first-order valence-corrected chi connectivity index (χ1v) is 8.47. The number of carbonyl (C=O) groups excluding carboxylic acids is 2. The van der Waals surface area contributed by atoms with Gasteiger partial charge in [0, 0.05) is 24.7 Å². The number of nitrogens with zero attached hydrogens (tertiary/aromatic N) is 1. The van der Waals surface area contributed by atoms with Crippen molar-refractivity contribution in [3.05, 3.63) is 47.9 Å². The average molecular weight is 358 g/mol. The standard InChI is InChI=1S/C19H22N2O5/c1-24-14-8-7-13(17(11-14)25-2)12-20-18(22)15-5-3-9-21(15)19(23)16-6-4-10-26-16/h4,6-8,10-11,15H,3,5,9,12H2,1-2H3,(H,20,22). The summed E-state index contributed by atoms with van der Waals surface area (Å²) in [5.74, 6) is 1.14. The number of amides is 2. The van der Waals surface area contributed by atoms with E-state index in [1.54, 1.807) is 37.3 Å². The molecule has 7 heteroatoms. The number of methoxy groups -OCH3 is 2. The van der Waals surface area contributed by atoms with Gasteiger partial charge in [-0.3, -0.25) is 9.59 Å². The number of benzene rings is 1. The quantitative estimate of drug-likeness (QED) is 0.856. The number of hydrogen-bond donors (Lipinski definition) is 1. The fraction of sp³-hybridized carbons (Fsp3) is 0.368.